The summed E-state index contributed by atoms with van der Waals surface area (Å²) in [5.74, 6) is 2.83. The molecule has 0 saturated heterocycles. The van der Waals surface area contributed by atoms with Crippen LogP contribution in [0.25, 0.3) is 0 Å². The van der Waals surface area contributed by atoms with Gasteiger partial charge in [0.05, 0.1) is 6.54 Å². The first-order chi connectivity index (χ1) is 12.9. The number of likely N-dealkylation sites (N-methyl/N-ethyl adjacent to an activating group) is 1. The van der Waals surface area contributed by atoms with Gasteiger partial charge in [-0.2, -0.15) is 0 Å². The summed E-state index contributed by atoms with van der Waals surface area (Å²) in [6, 6.07) is 8.65. The fourth-order valence-electron chi connectivity index (χ4n) is 6.24. The summed E-state index contributed by atoms with van der Waals surface area (Å²) < 4.78 is 0. The van der Waals surface area contributed by atoms with Gasteiger partial charge in [-0.15, -0.1) is 0 Å². The van der Waals surface area contributed by atoms with Crippen LogP contribution >= 0.6 is 0 Å². The highest BCUT2D eigenvalue weighted by Gasteiger charge is 2.51. The van der Waals surface area contributed by atoms with E-state index in [1.807, 2.05) is 0 Å². The smallest absolute Gasteiger partial charge is 0.234 e. The number of carbonyl (C=O) groups excluding carboxylic acids is 1. The zero-order valence-electron chi connectivity index (χ0n) is 17.2. The molecular weight excluding hydrogens is 334 g/mol. The van der Waals surface area contributed by atoms with Gasteiger partial charge in [0.15, 0.2) is 0 Å². The number of rotatable bonds is 7. The quantitative estimate of drug-likeness (QED) is 0.797. The average Bonchev–Trinajstić information content (AvgIpc) is 2.59. The van der Waals surface area contributed by atoms with Gasteiger partial charge in [-0.1, -0.05) is 19.1 Å². The van der Waals surface area contributed by atoms with Gasteiger partial charge in [0.25, 0.3) is 0 Å². The molecule has 0 spiro atoms. The van der Waals surface area contributed by atoms with Crippen LogP contribution in [0.1, 0.15) is 51.0 Å². The first-order valence-corrected chi connectivity index (χ1v) is 10.7. The fourth-order valence-corrected chi connectivity index (χ4v) is 6.24. The van der Waals surface area contributed by atoms with Crippen molar-refractivity contribution in [3.8, 4) is 0 Å². The standard InChI is InChI=1S/C23H35N3O/c1-4-26(15-17-5-7-21(8-6-17)25(2)3)16-22(27)24-23-12-18-9-19(13-23)11-20(10-18)14-23/h5-8,18-20H,4,9-16H2,1-3H3,(H,24,27). The van der Waals surface area contributed by atoms with Gasteiger partial charge < -0.3 is 10.2 Å². The first kappa shape index (κ1) is 18.8. The van der Waals surface area contributed by atoms with Crippen LogP contribution in [-0.4, -0.2) is 43.5 Å². The number of amides is 1. The molecule has 5 rings (SSSR count). The molecule has 1 N–H and O–H groups in total. The molecule has 0 aromatic heterocycles. The van der Waals surface area contributed by atoms with E-state index in [0.717, 1.165) is 30.8 Å². The van der Waals surface area contributed by atoms with Crippen LogP contribution < -0.4 is 10.2 Å². The largest absolute Gasteiger partial charge is 0.378 e. The molecule has 1 amide bonds. The molecule has 4 aliphatic carbocycles. The molecule has 0 unspecified atom stereocenters. The van der Waals surface area contributed by atoms with Crippen molar-refractivity contribution in [1.29, 1.82) is 0 Å². The van der Waals surface area contributed by atoms with Crippen LogP contribution in [0.5, 0.6) is 0 Å². The molecule has 4 bridgehead atoms. The number of benzene rings is 1. The van der Waals surface area contributed by atoms with Crippen molar-refractivity contribution < 1.29 is 4.79 Å². The Morgan fingerprint density at radius 2 is 1.59 bits per heavy atom. The van der Waals surface area contributed by atoms with Gasteiger partial charge in [-0.3, -0.25) is 9.69 Å². The van der Waals surface area contributed by atoms with Crippen LogP contribution in [0.4, 0.5) is 5.69 Å². The molecule has 148 valence electrons. The third kappa shape index (κ3) is 4.16. The van der Waals surface area contributed by atoms with E-state index in [9.17, 15) is 4.79 Å². The Bertz CT molecular complexity index is 631. The molecule has 0 radical (unpaired) electrons. The second-order valence-electron chi connectivity index (χ2n) is 9.61. The second kappa shape index (κ2) is 7.46. The fraction of sp³-hybridized carbons (Fsp3) is 0.696. The molecule has 0 heterocycles. The van der Waals surface area contributed by atoms with Gasteiger partial charge in [0.2, 0.25) is 5.91 Å². The molecular formula is C23H35N3O. The van der Waals surface area contributed by atoms with Crippen molar-refractivity contribution in [2.75, 3.05) is 32.1 Å². The molecule has 0 atom stereocenters. The van der Waals surface area contributed by atoms with E-state index in [2.05, 4.69) is 60.4 Å². The van der Waals surface area contributed by atoms with Crippen molar-refractivity contribution >= 4 is 11.6 Å². The highest BCUT2D eigenvalue weighted by Crippen LogP contribution is 2.55. The zero-order chi connectivity index (χ0) is 19.0. The Hall–Kier alpha value is -1.55. The van der Waals surface area contributed by atoms with Crippen molar-refractivity contribution in [3.63, 3.8) is 0 Å². The third-order valence-corrected chi connectivity index (χ3v) is 7.12. The molecule has 1 aromatic rings. The predicted octanol–water partition coefficient (Wildman–Crippen LogP) is 3.66. The van der Waals surface area contributed by atoms with Crippen LogP contribution in [0.2, 0.25) is 0 Å². The molecule has 27 heavy (non-hydrogen) atoms. The molecule has 4 aliphatic rings. The molecule has 4 nitrogen and oxygen atoms in total. The summed E-state index contributed by atoms with van der Waals surface area (Å²) in [7, 11) is 4.12. The Morgan fingerprint density at radius 3 is 2.07 bits per heavy atom. The third-order valence-electron chi connectivity index (χ3n) is 7.12. The zero-order valence-corrected chi connectivity index (χ0v) is 17.2. The maximum absolute atomic E-state index is 12.9. The van der Waals surface area contributed by atoms with E-state index >= 15 is 0 Å². The Morgan fingerprint density at radius 1 is 1.04 bits per heavy atom. The van der Waals surface area contributed by atoms with Gasteiger partial charge >= 0.3 is 0 Å². The Balaban J connectivity index is 1.34. The van der Waals surface area contributed by atoms with Gasteiger partial charge in [0, 0.05) is 31.9 Å². The lowest BCUT2D eigenvalue weighted by molar-refractivity contribution is -0.128. The number of nitrogens with zero attached hydrogens (tertiary/aromatic N) is 2. The summed E-state index contributed by atoms with van der Waals surface area (Å²) in [4.78, 5) is 17.2. The lowest BCUT2D eigenvalue weighted by Gasteiger charge is -2.57. The number of hydrogen-bond acceptors (Lipinski definition) is 3. The Kier molecular flexibility index (Phi) is 5.19. The summed E-state index contributed by atoms with van der Waals surface area (Å²) in [6.07, 6.45) is 7.92. The lowest BCUT2D eigenvalue weighted by atomic mass is 9.53. The van der Waals surface area contributed by atoms with Crippen molar-refractivity contribution in [3.05, 3.63) is 29.8 Å². The van der Waals surface area contributed by atoms with Crippen molar-refractivity contribution in [1.82, 2.24) is 10.2 Å². The lowest BCUT2D eigenvalue weighted by Crippen LogP contribution is -2.60. The molecule has 4 fully saturated rings. The molecule has 1 aromatic carbocycles. The number of hydrogen-bond donors (Lipinski definition) is 1. The second-order valence-corrected chi connectivity index (χ2v) is 9.61. The van der Waals surface area contributed by atoms with Crippen molar-refractivity contribution in [2.45, 2.75) is 57.5 Å². The average molecular weight is 370 g/mol. The van der Waals surface area contributed by atoms with Crippen LogP contribution in [0, 0.1) is 17.8 Å². The van der Waals surface area contributed by atoms with Gasteiger partial charge in [-0.05, 0) is 80.5 Å². The molecule has 4 saturated carbocycles. The number of anilines is 1. The minimum atomic E-state index is 0.124. The summed E-state index contributed by atoms with van der Waals surface area (Å²) in [6.45, 7) is 4.38. The van der Waals surface area contributed by atoms with E-state index in [1.54, 1.807) is 0 Å². The van der Waals surface area contributed by atoms with E-state index < -0.39 is 0 Å². The van der Waals surface area contributed by atoms with Crippen LogP contribution in [0.15, 0.2) is 24.3 Å². The highest BCUT2D eigenvalue weighted by atomic mass is 16.2. The normalized spacial score (nSPS) is 31.3. The molecule has 4 heteroatoms. The van der Waals surface area contributed by atoms with Gasteiger partial charge in [-0.25, -0.2) is 0 Å². The summed E-state index contributed by atoms with van der Waals surface area (Å²) in [5, 5.41) is 3.51. The monoisotopic (exact) mass is 369 g/mol. The maximum Gasteiger partial charge on any atom is 0.234 e. The van der Waals surface area contributed by atoms with Crippen LogP contribution in [-0.2, 0) is 11.3 Å². The van der Waals surface area contributed by atoms with Gasteiger partial charge in [0.1, 0.15) is 0 Å². The number of carbonyl (C=O) groups is 1. The Labute approximate surface area is 164 Å². The molecule has 0 aliphatic heterocycles. The van der Waals surface area contributed by atoms with E-state index in [-0.39, 0.29) is 11.4 Å². The predicted molar refractivity (Wildman–Crippen MR) is 111 cm³/mol. The topological polar surface area (TPSA) is 35.6 Å². The minimum absolute atomic E-state index is 0.124. The maximum atomic E-state index is 12.9. The van der Waals surface area contributed by atoms with E-state index in [0.29, 0.717) is 6.54 Å². The van der Waals surface area contributed by atoms with Crippen molar-refractivity contribution in [2.24, 2.45) is 17.8 Å². The summed E-state index contributed by atoms with van der Waals surface area (Å²) >= 11 is 0. The minimum Gasteiger partial charge on any atom is -0.378 e. The first-order valence-electron chi connectivity index (χ1n) is 10.7. The van der Waals surface area contributed by atoms with E-state index in [4.69, 9.17) is 0 Å². The van der Waals surface area contributed by atoms with E-state index in [1.165, 1.54) is 49.8 Å². The summed E-state index contributed by atoms with van der Waals surface area (Å²) in [5.41, 5.74) is 2.60. The number of nitrogens with one attached hydrogen (secondary N) is 1. The SMILES string of the molecule is CCN(CC(=O)NC12CC3CC(CC(C3)C1)C2)Cc1ccc(N(C)C)cc1. The van der Waals surface area contributed by atoms with Crippen LogP contribution in [0.3, 0.4) is 0 Å². The highest BCUT2D eigenvalue weighted by molar-refractivity contribution is 5.79.